The topological polar surface area (TPSA) is 34.1 Å². The highest BCUT2D eigenvalue weighted by Crippen LogP contribution is 2.35. The van der Waals surface area contributed by atoms with Gasteiger partial charge in [-0.2, -0.15) is 0 Å². The van der Waals surface area contributed by atoms with Crippen molar-refractivity contribution < 1.29 is 9.57 Å². The third-order valence-electron chi connectivity index (χ3n) is 5.14. The second kappa shape index (κ2) is 8.37. The fraction of sp³-hybridized carbons (Fsp3) is 0.409. The van der Waals surface area contributed by atoms with Crippen molar-refractivity contribution in [3.05, 3.63) is 65.7 Å². The van der Waals surface area contributed by atoms with E-state index in [0.29, 0.717) is 6.61 Å². The van der Waals surface area contributed by atoms with Crippen LogP contribution in [-0.4, -0.2) is 36.9 Å². The Morgan fingerprint density at radius 1 is 0.962 bits per heavy atom. The first-order chi connectivity index (χ1) is 12.9. The molecule has 1 atom stereocenters. The lowest BCUT2D eigenvalue weighted by atomic mass is 9.96. The number of nitrogens with zero attached hydrogens (tertiary/aromatic N) is 2. The maximum absolute atomic E-state index is 6.21. The van der Waals surface area contributed by atoms with E-state index in [0.717, 1.165) is 30.0 Å². The van der Waals surface area contributed by atoms with Gasteiger partial charge in [0.2, 0.25) is 0 Å². The summed E-state index contributed by atoms with van der Waals surface area (Å²) in [7, 11) is 0. The fourth-order valence-electron chi connectivity index (χ4n) is 3.70. The van der Waals surface area contributed by atoms with Crippen molar-refractivity contribution in [2.24, 2.45) is 5.16 Å². The Hall–Kier alpha value is -2.33. The summed E-state index contributed by atoms with van der Waals surface area (Å²) < 4.78 is 6.21. The number of para-hydroxylation sites is 1. The Labute approximate surface area is 155 Å². The van der Waals surface area contributed by atoms with Crippen LogP contribution in [0.15, 0.2) is 59.8 Å². The van der Waals surface area contributed by atoms with Gasteiger partial charge in [-0.05, 0) is 43.6 Å². The molecule has 136 valence electrons. The second-order valence-corrected chi connectivity index (χ2v) is 6.99. The molecular formula is C22H26N2O2. The maximum Gasteiger partial charge on any atom is 0.129 e. The molecule has 4 nitrogen and oxygen atoms in total. The molecule has 0 aliphatic carbocycles. The SMILES string of the molecule is c1ccc(C2C/C(=N\OCCN3CCCCC3)c3ccccc3O2)cc1. The molecule has 2 aliphatic heterocycles. The first kappa shape index (κ1) is 17.1. The normalized spacial score (nSPS) is 21.8. The summed E-state index contributed by atoms with van der Waals surface area (Å²) in [4.78, 5) is 8.17. The van der Waals surface area contributed by atoms with E-state index in [9.17, 15) is 0 Å². The molecule has 0 radical (unpaired) electrons. The Morgan fingerprint density at radius 3 is 2.58 bits per heavy atom. The third kappa shape index (κ3) is 4.07. The van der Waals surface area contributed by atoms with Gasteiger partial charge >= 0.3 is 0 Å². The van der Waals surface area contributed by atoms with E-state index in [4.69, 9.17) is 9.57 Å². The quantitative estimate of drug-likeness (QED) is 0.591. The number of ether oxygens (including phenoxy) is 1. The van der Waals surface area contributed by atoms with Crippen molar-refractivity contribution in [2.45, 2.75) is 31.8 Å². The van der Waals surface area contributed by atoms with Gasteiger partial charge in [-0.25, -0.2) is 0 Å². The van der Waals surface area contributed by atoms with Gasteiger partial charge in [-0.15, -0.1) is 0 Å². The van der Waals surface area contributed by atoms with Crippen LogP contribution in [0.1, 0.15) is 42.9 Å². The minimum atomic E-state index is -0.0180. The predicted molar refractivity (Wildman–Crippen MR) is 104 cm³/mol. The summed E-state index contributed by atoms with van der Waals surface area (Å²) in [6.45, 7) is 3.97. The Morgan fingerprint density at radius 2 is 1.73 bits per heavy atom. The summed E-state index contributed by atoms with van der Waals surface area (Å²) in [6.07, 6.45) is 4.67. The van der Waals surface area contributed by atoms with E-state index in [2.05, 4.69) is 28.3 Å². The van der Waals surface area contributed by atoms with Gasteiger partial charge in [0.25, 0.3) is 0 Å². The largest absolute Gasteiger partial charge is 0.485 e. The summed E-state index contributed by atoms with van der Waals surface area (Å²) in [5.41, 5.74) is 3.18. The van der Waals surface area contributed by atoms with Gasteiger partial charge in [-0.3, -0.25) is 4.90 Å². The lowest BCUT2D eigenvalue weighted by molar-refractivity contribution is 0.100. The zero-order chi connectivity index (χ0) is 17.6. The summed E-state index contributed by atoms with van der Waals surface area (Å²) >= 11 is 0. The molecule has 2 aromatic rings. The van der Waals surface area contributed by atoms with E-state index in [-0.39, 0.29) is 6.10 Å². The van der Waals surface area contributed by atoms with Crippen molar-refractivity contribution >= 4 is 5.71 Å². The Kier molecular flexibility index (Phi) is 5.50. The van der Waals surface area contributed by atoms with Crippen molar-refractivity contribution in [1.82, 2.24) is 4.90 Å². The van der Waals surface area contributed by atoms with Crippen molar-refractivity contribution in [3.8, 4) is 5.75 Å². The summed E-state index contributed by atoms with van der Waals surface area (Å²) in [6, 6.07) is 18.4. The Bertz CT molecular complexity index is 739. The van der Waals surface area contributed by atoms with Gasteiger partial charge < -0.3 is 9.57 Å². The first-order valence-corrected chi connectivity index (χ1v) is 9.62. The third-order valence-corrected chi connectivity index (χ3v) is 5.14. The van der Waals surface area contributed by atoms with Crippen LogP contribution in [0.4, 0.5) is 0 Å². The fourth-order valence-corrected chi connectivity index (χ4v) is 3.70. The molecule has 0 amide bonds. The molecule has 0 bridgehead atoms. The molecule has 0 saturated carbocycles. The highest BCUT2D eigenvalue weighted by atomic mass is 16.6. The number of likely N-dealkylation sites (tertiary alicyclic amines) is 1. The number of benzene rings is 2. The number of hydrogen-bond donors (Lipinski definition) is 0. The van der Waals surface area contributed by atoms with E-state index in [1.165, 1.54) is 37.9 Å². The standard InChI is InChI=1S/C22H26N2O2/c1-3-9-18(10-4-1)22-17-20(19-11-5-6-12-21(19)26-22)23-25-16-15-24-13-7-2-8-14-24/h1,3-6,9-12,22H,2,7-8,13-17H2/b23-20+. The van der Waals surface area contributed by atoms with Crippen LogP contribution in [-0.2, 0) is 4.84 Å². The molecule has 1 unspecified atom stereocenters. The zero-order valence-electron chi connectivity index (χ0n) is 15.1. The Balaban J connectivity index is 1.44. The number of hydrogen-bond acceptors (Lipinski definition) is 4. The van der Waals surface area contributed by atoms with Crippen molar-refractivity contribution in [2.75, 3.05) is 26.2 Å². The molecule has 1 fully saturated rings. The van der Waals surface area contributed by atoms with Gasteiger partial charge in [0, 0.05) is 18.5 Å². The smallest absolute Gasteiger partial charge is 0.129 e. The second-order valence-electron chi connectivity index (χ2n) is 6.99. The highest BCUT2D eigenvalue weighted by molar-refractivity contribution is 6.03. The lowest BCUT2D eigenvalue weighted by Gasteiger charge is -2.27. The molecule has 0 spiro atoms. The number of piperidine rings is 1. The zero-order valence-corrected chi connectivity index (χ0v) is 15.1. The van der Waals surface area contributed by atoms with Crippen LogP contribution in [0, 0.1) is 0 Å². The van der Waals surface area contributed by atoms with Crippen LogP contribution in [0.2, 0.25) is 0 Å². The molecule has 2 heterocycles. The van der Waals surface area contributed by atoms with Crippen LogP contribution < -0.4 is 4.74 Å². The van der Waals surface area contributed by atoms with E-state index < -0.39 is 0 Å². The average molecular weight is 350 g/mol. The van der Waals surface area contributed by atoms with Crippen LogP contribution >= 0.6 is 0 Å². The predicted octanol–water partition coefficient (Wildman–Crippen LogP) is 4.42. The summed E-state index contributed by atoms with van der Waals surface area (Å²) in [5.74, 6) is 0.881. The lowest BCUT2D eigenvalue weighted by Crippen LogP contribution is -2.32. The van der Waals surface area contributed by atoms with Gasteiger partial charge in [0.1, 0.15) is 18.5 Å². The molecule has 0 aromatic heterocycles. The monoisotopic (exact) mass is 350 g/mol. The molecule has 26 heavy (non-hydrogen) atoms. The summed E-state index contributed by atoms with van der Waals surface area (Å²) in [5, 5.41) is 4.49. The van der Waals surface area contributed by atoms with Gasteiger partial charge in [0.05, 0.1) is 5.71 Å². The van der Waals surface area contributed by atoms with Crippen molar-refractivity contribution in [3.63, 3.8) is 0 Å². The van der Waals surface area contributed by atoms with Crippen molar-refractivity contribution in [1.29, 1.82) is 0 Å². The van der Waals surface area contributed by atoms with Crippen LogP contribution in [0.25, 0.3) is 0 Å². The van der Waals surface area contributed by atoms with E-state index >= 15 is 0 Å². The van der Waals surface area contributed by atoms with Crippen LogP contribution in [0.5, 0.6) is 5.75 Å². The first-order valence-electron chi connectivity index (χ1n) is 9.62. The maximum atomic E-state index is 6.21. The molecule has 2 aromatic carbocycles. The molecule has 4 heteroatoms. The number of oxime groups is 1. The average Bonchev–Trinajstić information content (AvgIpc) is 2.72. The molecule has 4 rings (SSSR count). The minimum absolute atomic E-state index is 0.0180. The highest BCUT2D eigenvalue weighted by Gasteiger charge is 2.26. The van der Waals surface area contributed by atoms with E-state index in [1.807, 2.05) is 36.4 Å². The molecule has 2 aliphatic rings. The van der Waals surface area contributed by atoms with Crippen LogP contribution in [0.3, 0.4) is 0 Å². The van der Waals surface area contributed by atoms with E-state index in [1.54, 1.807) is 0 Å². The molecule has 0 N–H and O–H groups in total. The number of fused-ring (bicyclic) bond motifs is 1. The minimum Gasteiger partial charge on any atom is -0.485 e. The molecular weight excluding hydrogens is 324 g/mol. The van der Waals surface area contributed by atoms with Gasteiger partial charge in [-0.1, -0.05) is 54.0 Å². The number of rotatable bonds is 5. The van der Waals surface area contributed by atoms with Gasteiger partial charge in [0.15, 0.2) is 0 Å². The molecule has 1 saturated heterocycles.